The second kappa shape index (κ2) is 5.12. The third-order valence-electron chi connectivity index (χ3n) is 3.24. The van der Waals surface area contributed by atoms with Crippen molar-refractivity contribution in [1.82, 2.24) is 14.9 Å². The highest BCUT2D eigenvalue weighted by molar-refractivity contribution is 5.95. The second-order valence-corrected chi connectivity index (χ2v) is 4.64. The van der Waals surface area contributed by atoms with Gasteiger partial charge in [0.1, 0.15) is 11.7 Å². The van der Waals surface area contributed by atoms with Gasteiger partial charge >= 0.3 is 0 Å². The van der Waals surface area contributed by atoms with Crippen molar-refractivity contribution < 1.29 is 9.59 Å². The first-order valence-electron chi connectivity index (χ1n) is 5.96. The van der Waals surface area contributed by atoms with E-state index in [4.69, 9.17) is 5.73 Å². The van der Waals surface area contributed by atoms with Crippen LogP contribution in [0, 0.1) is 5.92 Å². The number of primary amides is 1. The van der Waals surface area contributed by atoms with Gasteiger partial charge < -0.3 is 10.6 Å². The van der Waals surface area contributed by atoms with Gasteiger partial charge in [0, 0.05) is 18.9 Å². The lowest BCUT2D eigenvalue weighted by molar-refractivity contribution is -0.124. The third kappa shape index (κ3) is 2.47. The minimum atomic E-state index is -0.539. The van der Waals surface area contributed by atoms with Crippen LogP contribution >= 0.6 is 0 Å². The molecule has 2 unspecified atom stereocenters. The molecule has 1 fully saturated rings. The van der Waals surface area contributed by atoms with Crippen molar-refractivity contribution in [2.75, 3.05) is 6.54 Å². The van der Waals surface area contributed by atoms with Gasteiger partial charge in [-0.05, 0) is 18.8 Å². The maximum absolute atomic E-state index is 12.2. The number of nitrogens with zero attached hydrogens (tertiary/aromatic N) is 3. The van der Waals surface area contributed by atoms with Crippen LogP contribution in [-0.2, 0) is 4.79 Å². The molecule has 0 aromatic carbocycles. The van der Waals surface area contributed by atoms with Crippen LogP contribution < -0.4 is 5.73 Å². The Morgan fingerprint density at radius 2 is 2.22 bits per heavy atom. The van der Waals surface area contributed by atoms with Gasteiger partial charge in [0.15, 0.2) is 0 Å². The van der Waals surface area contributed by atoms with Crippen molar-refractivity contribution in [3.8, 4) is 0 Å². The molecule has 2 atom stereocenters. The molecule has 1 aliphatic rings. The highest BCUT2D eigenvalue weighted by Gasteiger charge is 2.34. The Morgan fingerprint density at radius 3 is 2.83 bits per heavy atom. The summed E-state index contributed by atoms with van der Waals surface area (Å²) < 4.78 is 0. The fourth-order valence-corrected chi connectivity index (χ4v) is 2.21. The number of carbonyl (C=O) groups is 2. The van der Waals surface area contributed by atoms with Gasteiger partial charge in [0.05, 0.1) is 6.20 Å². The molecule has 0 aliphatic carbocycles. The standard InChI is InChI=1S/C12H16N4O2/c1-8-2-5-16(10(6-8)11(13)17)12(18)9-7-14-3-4-15-9/h3-4,7-8,10H,2,5-6H2,1H3,(H2,13,17). The van der Waals surface area contributed by atoms with Crippen molar-refractivity contribution in [2.45, 2.75) is 25.8 Å². The minimum absolute atomic E-state index is 0.248. The van der Waals surface area contributed by atoms with Gasteiger partial charge in [0.25, 0.3) is 5.91 Å². The minimum Gasteiger partial charge on any atom is -0.368 e. The molecular formula is C12H16N4O2. The van der Waals surface area contributed by atoms with Crippen LogP contribution in [0.3, 0.4) is 0 Å². The molecule has 0 bridgehead atoms. The Balaban J connectivity index is 2.20. The summed E-state index contributed by atoms with van der Waals surface area (Å²) in [5, 5.41) is 0. The molecule has 0 spiro atoms. The fraction of sp³-hybridized carbons (Fsp3) is 0.500. The molecule has 0 radical (unpaired) electrons. The molecule has 1 aromatic heterocycles. The molecule has 0 saturated carbocycles. The van der Waals surface area contributed by atoms with Gasteiger partial charge in [-0.25, -0.2) is 4.98 Å². The van der Waals surface area contributed by atoms with Crippen molar-refractivity contribution in [3.05, 3.63) is 24.3 Å². The summed E-state index contributed by atoms with van der Waals surface area (Å²) in [5.41, 5.74) is 5.62. The zero-order chi connectivity index (χ0) is 13.1. The Kier molecular flexibility index (Phi) is 3.55. The predicted octanol–water partition coefficient (Wildman–Crippen LogP) is 0.203. The number of nitrogens with two attached hydrogens (primary N) is 1. The molecule has 2 amide bonds. The zero-order valence-corrected chi connectivity index (χ0v) is 10.2. The van der Waals surface area contributed by atoms with Crippen molar-refractivity contribution in [3.63, 3.8) is 0 Å². The number of hydrogen-bond donors (Lipinski definition) is 1. The van der Waals surface area contributed by atoms with E-state index in [9.17, 15) is 9.59 Å². The number of aromatic nitrogens is 2. The highest BCUT2D eigenvalue weighted by Crippen LogP contribution is 2.23. The van der Waals surface area contributed by atoms with E-state index in [0.717, 1.165) is 6.42 Å². The summed E-state index contributed by atoms with van der Waals surface area (Å²) in [7, 11) is 0. The van der Waals surface area contributed by atoms with Crippen LogP contribution in [0.2, 0.25) is 0 Å². The van der Waals surface area contributed by atoms with Crippen LogP contribution in [0.25, 0.3) is 0 Å². The number of rotatable bonds is 2. The Hall–Kier alpha value is -1.98. The topological polar surface area (TPSA) is 89.2 Å². The van der Waals surface area contributed by atoms with E-state index in [0.29, 0.717) is 18.9 Å². The number of piperidine rings is 1. The SMILES string of the molecule is CC1CCN(C(=O)c2cnccn2)C(C(N)=O)C1. The molecule has 6 heteroatoms. The van der Waals surface area contributed by atoms with Crippen molar-refractivity contribution in [2.24, 2.45) is 11.7 Å². The molecule has 1 saturated heterocycles. The smallest absolute Gasteiger partial charge is 0.274 e. The van der Waals surface area contributed by atoms with E-state index in [1.165, 1.54) is 23.5 Å². The van der Waals surface area contributed by atoms with E-state index < -0.39 is 11.9 Å². The van der Waals surface area contributed by atoms with Gasteiger partial charge in [-0.1, -0.05) is 6.92 Å². The van der Waals surface area contributed by atoms with Gasteiger partial charge in [0.2, 0.25) is 5.91 Å². The third-order valence-corrected chi connectivity index (χ3v) is 3.24. The maximum Gasteiger partial charge on any atom is 0.274 e. The van der Waals surface area contributed by atoms with Crippen LogP contribution in [0.4, 0.5) is 0 Å². The normalized spacial score (nSPS) is 23.7. The van der Waals surface area contributed by atoms with E-state index >= 15 is 0 Å². The average molecular weight is 248 g/mol. The first kappa shape index (κ1) is 12.5. The van der Waals surface area contributed by atoms with Crippen LogP contribution in [0.1, 0.15) is 30.3 Å². The quantitative estimate of drug-likeness (QED) is 0.809. The lowest BCUT2D eigenvalue weighted by Crippen LogP contribution is -2.52. The van der Waals surface area contributed by atoms with Gasteiger partial charge in [-0.2, -0.15) is 0 Å². The van der Waals surface area contributed by atoms with Crippen LogP contribution in [-0.4, -0.2) is 39.3 Å². The molecule has 6 nitrogen and oxygen atoms in total. The zero-order valence-electron chi connectivity index (χ0n) is 10.2. The van der Waals surface area contributed by atoms with E-state index in [1.54, 1.807) is 0 Å². The highest BCUT2D eigenvalue weighted by atomic mass is 16.2. The van der Waals surface area contributed by atoms with E-state index in [-0.39, 0.29) is 11.6 Å². The predicted molar refractivity (Wildman–Crippen MR) is 64.4 cm³/mol. The molecule has 2 heterocycles. The summed E-state index contributed by atoms with van der Waals surface area (Å²) >= 11 is 0. The van der Waals surface area contributed by atoms with Crippen molar-refractivity contribution in [1.29, 1.82) is 0 Å². The summed E-state index contributed by atoms with van der Waals surface area (Å²) in [5.74, 6) is -0.342. The van der Waals surface area contributed by atoms with Crippen LogP contribution in [0.5, 0.6) is 0 Å². The first-order chi connectivity index (χ1) is 8.59. The van der Waals surface area contributed by atoms with Crippen molar-refractivity contribution >= 4 is 11.8 Å². The van der Waals surface area contributed by atoms with E-state index in [1.807, 2.05) is 0 Å². The Bertz CT molecular complexity index is 449. The summed E-state index contributed by atoms with van der Waals surface area (Å²) in [6.45, 7) is 2.59. The molecular weight excluding hydrogens is 232 g/mol. The maximum atomic E-state index is 12.2. The Morgan fingerprint density at radius 1 is 1.44 bits per heavy atom. The lowest BCUT2D eigenvalue weighted by Gasteiger charge is -2.36. The molecule has 1 aromatic rings. The second-order valence-electron chi connectivity index (χ2n) is 4.64. The molecule has 1 aliphatic heterocycles. The lowest BCUT2D eigenvalue weighted by atomic mass is 9.92. The molecule has 96 valence electrons. The number of hydrogen-bond acceptors (Lipinski definition) is 4. The Labute approximate surface area is 105 Å². The summed E-state index contributed by atoms with van der Waals surface area (Å²) in [4.78, 5) is 33.0. The monoisotopic (exact) mass is 248 g/mol. The van der Waals surface area contributed by atoms with Crippen LogP contribution in [0.15, 0.2) is 18.6 Å². The average Bonchev–Trinajstić information content (AvgIpc) is 2.39. The van der Waals surface area contributed by atoms with E-state index in [2.05, 4.69) is 16.9 Å². The number of amides is 2. The molecule has 18 heavy (non-hydrogen) atoms. The summed E-state index contributed by atoms with van der Waals surface area (Å²) in [6.07, 6.45) is 5.84. The molecule has 2 N–H and O–H groups in total. The number of carbonyl (C=O) groups excluding carboxylic acids is 2. The summed E-state index contributed by atoms with van der Waals surface area (Å²) in [6, 6.07) is -0.539. The first-order valence-corrected chi connectivity index (χ1v) is 5.96. The number of likely N-dealkylation sites (tertiary alicyclic amines) is 1. The van der Waals surface area contributed by atoms with Gasteiger partial charge in [-0.15, -0.1) is 0 Å². The fourth-order valence-electron chi connectivity index (χ4n) is 2.21. The largest absolute Gasteiger partial charge is 0.368 e. The van der Waals surface area contributed by atoms with Gasteiger partial charge in [-0.3, -0.25) is 14.6 Å². The molecule has 2 rings (SSSR count).